The van der Waals surface area contributed by atoms with Gasteiger partial charge in [-0.05, 0) is 36.0 Å². The average molecular weight is 284 g/mol. The van der Waals surface area contributed by atoms with Crippen LogP contribution in [0.1, 0.15) is 10.4 Å². The van der Waals surface area contributed by atoms with E-state index in [1.807, 2.05) is 24.3 Å². The number of fused-ring (bicyclic) bond motifs is 1. The molecule has 0 atom stereocenters. The largest absolute Gasteiger partial charge is 0.478 e. The number of carbonyl (C=O) groups is 1. The second-order valence-electron chi connectivity index (χ2n) is 3.85. The van der Waals surface area contributed by atoms with Crippen molar-refractivity contribution >= 4 is 28.8 Å². The standard InChI is InChI=1S/C13H8N4O2S/c18-12(19)8-4-3-7-14-11(8)20-13-15-9-5-1-2-6-10(9)16-17-13/h1-7H,(H,18,19). The van der Waals surface area contributed by atoms with E-state index >= 15 is 0 Å². The number of hydrogen-bond donors (Lipinski definition) is 1. The number of hydrogen-bond acceptors (Lipinski definition) is 6. The van der Waals surface area contributed by atoms with Gasteiger partial charge in [0.05, 0.1) is 11.1 Å². The lowest BCUT2D eigenvalue weighted by Gasteiger charge is -2.03. The van der Waals surface area contributed by atoms with Gasteiger partial charge in [0.15, 0.2) is 0 Å². The van der Waals surface area contributed by atoms with Crippen LogP contribution in [0.5, 0.6) is 0 Å². The maximum absolute atomic E-state index is 11.1. The van der Waals surface area contributed by atoms with Crippen LogP contribution in [0.15, 0.2) is 52.8 Å². The molecular weight excluding hydrogens is 276 g/mol. The Hall–Kier alpha value is -2.54. The summed E-state index contributed by atoms with van der Waals surface area (Å²) in [5.74, 6) is -1.03. The van der Waals surface area contributed by atoms with E-state index in [1.54, 1.807) is 6.07 Å². The zero-order valence-corrected chi connectivity index (χ0v) is 10.9. The number of carboxylic acid groups (broad SMARTS) is 1. The molecular formula is C13H8N4O2S. The molecule has 0 unspecified atom stereocenters. The second kappa shape index (κ2) is 5.22. The van der Waals surface area contributed by atoms with Crippen LogP contribution < -0.4 is 0 Å². The van der Waals surface area contributed by atoms with Crippen molar-refractivity contribution in [3.05, 3.63) is 48.2 Å². The molecule has 6 nitrogen and oxygen atoms in total. The Balaban J connectivity index is 1.99. The maximum atomic E-state index is 11.1. The molecule has 98 valence electrons. The van der Waals surface area contributed by atoms with Crippen molar-refractivity contribution < 1.29 is 9.90 Å². The third kappa shape index (κ3) is 2.43. The third-order valence-corrected chi connectivity index (χ3v) is 3.40. The van der Waals surface area contributed by atoms with Crippen LogP contribution in [-0.2, 0) is 0 Å². The third-order valence-electron chi connectivity index (χ3n) is 2.53. The first-order chi connectivity index (χ1) is 9.74. The summed E-state index contributed by atoms with van der Waals surface area (Å²) in [6.45, 7) is 0. The van der Waals surface area contributed by atoms with Crippen LogP contribution in [-0.4, -0.2) is 31.2 Å². The molecule has 0 aliphatic carbocycles. The van der Waals surface area contributed by atoms with Crippen LogP contribution in [0.4, 0.5) is 0 Å². The molecule has 3 aromatic rings. The molecule has 1 aromatic carbocycles. The number of aromatic nitrogens is 4. The summed E-state index contributed by atoms with van der Waals surface area (Å²) in [6, 6.07) is 10.4. The van der Waals surface area contributed by atoms with Gasteiger partial charge < -0.3 is 5.11 Å². The number of aromatic carboxylic acids is 1. The molecule has 0 fully saturated rings. The van der Waals surface area contributed by atoms with Gasteiger partial charge in [-0.2, -0.15) is 0 Å². The first-order valence-electron chi connectivity index (χ1n) is 5.69. The first kappa shape index (κ1) is 12.5. The summed E-state index contributed by atoms with van der Waals surface area (Å²) < 4.78 is 0. The molecule has 0 saturated carbocycles. The molecule has 2 heterocycles. The summed E-state index contributed by atoms with van der Waals surface area (Å²) in [5.41, 5.74) is 1.52. The van der Waals surface area contributed by atoms with Gasteiger partial charge in [-0.3, -0.25) is 0 Å². The van der Waals surface area contributed by atoms with E-state index < -0.39 is 5.97 Å². The van der Waals surface area contributed by atoms with Gasteiger partial charge in [-0.15, -0.1) is 10.2 Å². The van der Waals surface area contributed by atoms with E-state index in [0.717, 1.165) is 11.8 Å². The van der Waals surface area contributed by atoms with E-state index in [1.165, 1.54) is 12.3 Å². The lowest BCUT2D eigenvalue weighted by Crippen LogP contribution is -2.01. The van der Waals surface area contributed by atoms with Gasteiger partial charge in [-0.25, -0.2) is 14.8 Å². The molecule has 0 amide bonds. The smallest absolute Gasteiger partial charge is 0.338 e. The van der Waals surface area contributed by atoms with E-state index in [-0.39, 0.29) is 5.56 Å². The zero-order valence-electron chi connectivity index (χ0n) is 10.1. The normalized spacial score (nSPS) is 10.6. The van der Waals surface area contributed by atoms with Crippen LogP contribution >= 0.6 is 11.8 Å². The molecule has 0 aliphatic heterocycles. The quantitative estimate of drug-likeness (QED) is 0.789. The van der Waals surface area contributed by atoms with Gasteiger partial charge in [0.1, 0.15) is 10.5 Å². The molecule has 0 aliphatic rings. The lowest BCUT2D eigenvalue weighted by molar-refractivity contribution is 0.0692. The number of carboxylic acids is 1. The Morgan fingerprint density at radius 3 is 2.65 bits per heavy atom. The van der Waals surface area contributed by atoms with Crippen molar-refractivity contribution in [1.29, 1.82) is 0 Å². The molecule has 2 aromatic heterocycles. The second-order valence-corrected chi connectivity index (χ2v) is 4.80. The predicted octanol–water partition coefficient (Wildman–Crippen LogP) is 2.27. The van der Waals surface area contributed by atoms with Crippen molar-refractivity contribution in [3.63, 3.8) is 0 Å². The summed E-state index contributed by atoms with van der Waals surface area (Å²) in [7, 11) is 0. The van der Waals surface area contributed by atoms with Gasteiger partial charge in [0.25, 0.3) is 0 Å². The van der Waals surface area contributed by atoms with Gasteiger partial charge in [0.2, 0.25) is 5.16 Å². The Bertz CT molecular complexity index is 794. The van der Waals surface area contributed by atoms with Crippen LogP contribution in [0.25, 0.3) is 11.0 Å². The Morgan fingerprint density at radius 1 is 1.05 bits per heavy atom. The molecule has 20 heavy (non-hydrogen) atoms. The van der Waals surface area contributed by atoms with Gasteiger partial charge in [0, 0.05) is 6.20 Å². The maximum Gasteiger partial charge on any atom is 0.338 e. The Morgan fingerprint density at radius 2 is 1.85 bits per heavy atom. The van der Waals surface area contributed by atoms with Crippen LogP contribution in [0.3, 0.4) is 0 Å². The number of para-hydroxylation sites is 1. The SMILES string of the molecule is O=C(O)c1cccnc1Sc1nnc2ccccc2n1. The molecule has 0 spiro atoms. The highest BCUT2D eigenvalue weighted by atomic mass is 32.2. The monoisotopic (exact) mass is 284 g/mol. The predicted molar refractivity (Wildman–Crippen MR) is 72.7 cm³/mol. The minimum atomic E-state index is -1.03. The molecule has 0 radical (unpaired) electrons. The number of nitrogens with zero attached hydrogens (tertiary/aromatic N) is 4. The highest BCUT2D eigenvalue weighted by Gasteiger charge is 2.13. The summed E-state index contributed by atoms with van der Waals surface area (Å²) in [4.78, 5) is 19.5. The number of pyridine rings is 1. The minimum absolute atomic E-state index is 0.120. The highest BCUT2D eigenvalue weighted by molar-refractivity contribution is 7.99. The fourth-order valence-corrected chi connectivity index (χ4v) is 2.41. The van der Waals surface area contributed by atoms with Gasteiger partial charge >= 0.3 is 5.97 Å². The van der Waals surface area contributed by atoms with Crippen LogP contribution in [0, 0.1) is 0 Å². The first-order valence-corrected chi connectivity index (χ1v) is 6.51. The van der Waals surface area contributed by atoms with Crippen LogP contribution in [0.2, 0.25) is 0 Å². The van der Waals surface area contributed by atoms with Crippen molar-refractivity contribution in [3.8, 4) is 0 Å². The highest BCUT2D eigenvalue weighted by Crippen LogP contribution is 2.26. The number of rotatable bonds is 3. The number of benzene rings is 1. The molecule has 3 rings (SSSR count). The zero-order chi connectivity index (χ0) is 13.9. The molecule has 1 N–H and O–H groups in total. The molecule has 7 heteroatoms. The lowest BCUT2D eigenvalue weighted by atomic mass is 10.3. The van der Waals surface area contributed by atoms with E-state index in [4.69, 9.17) is 5.11 Å². The average Bonchev–Trinajstić information content (AvgIpc) is 2.47. The van der Waals surface area contributed by atoms with Crippen molar-refractivity contribution in [1.82, 2.24) is 20.2 Å². The Kier molecular flexibility index (Phi) is 3.26. The van der Waals surface area contributed by atoms with E-state index in [0.29, 0.717) is 21.2 Å². The molecule has 0 bridgehead atoms. The Labute approximate surface area is 117 Å². The summed E-state index contributed by atoms with van der Waals surface area (Å²) >= 11 is 1.08. The van der Waals surface area contributed by atoms with Gasteiger partial charge in [-0.1, -0.05) is 12.1 Å². The van der Waals surface area contributed by atoms with E-state index in [2.05, 4.69) is 20.2 Å². The van der Waals surface area contributed by atoms with Crippen molar-refractivity contribution in [2.45, 2.75) is 10.2 Å². The minimum Gasteiger partial charge on any atom is -0.478 e. The topological polar surface area (TPSA) is 88.9 Å². The molecule has 0 saturated heterocycles. The fourth-order valence-electron chi connectivity index (χ4n) is 1.63. The van der Waals surface area contributed by atoms with Crippen molar-refractivity contribution in [2.24, 2.45) is 0 Å². The fraction of sp³-hybridized carbons (Fsp3) is 0. The van der Waals surface area contributed by atoms with E-state index in [9.17, 15) is 4.79 Å². The summed E-state index contributed by atoms with van der Waals surface area (Å²) in [5, 5.41) is 17.8. The van der Waals surface area contributed by atoms with Crippen molar-refractivity contribution in [2.75, 3.05) is 0 Å². The summed E-state index contributed by atoms with van der Waals surface area (Å²) in [6.07, 6.45) is 1.53.